The Morgan fingerprint density at radius 3 is 2.76 bits per heavy atom. The largest absolute Gasteiger partial charge is 0.478 e. The van der Waals surface area contributed by atoms with E-state index in [-0.39, 0.29) is 0 Å². The van der Waals surface area contributed by atoms with Gasteiger partial charge >= 0.3 is 5.97 Å². The van der Waals surface area contributed by atoms with Gasteiger partial charge in [0.25, 0.3) is 0 Å². The second-order valence-electron chi connectivity index (χ2n) is 6.48. The molecule has 2 aliphatic rings. The third-order valence-corrected chi connectivity index (χ3v) is 6.02. The van der Waals surface area contributed by atoms with Gasteiger partial charge < -0.3 is 10.0 Å². The predicted octanol–water partition coefficient (Wildman–Crippen LogP) is 3.98. The zero-order chi connectivity index (χ0) is 15.0. The molecule has 0 radical (unpaired) electrons. The van der Waals surface area contributed by atoms with Crippen molar-refractivity contribution in [3.63, 3.8) is 0 Å². The molecule has 3 nitrogen and oxygen atoms in total. The predicted molar refractivity (Wildman–Crippen MR) is 87.4 cm³/mol. The molecule has 0 saturated heterocycles. The van der Waals surface area contributed by atoms with Crippen LogP contribution in [0.25, 0.3) is 0 Å². The van der Waals surface area contributed by atoms with Crippen LogP contribution < -0.4 is 4.90 Å². The Labute approximate surface area is 130 Å². The number of carboxylic acid groups (broad SMARTS) is 1. The van der Waals surface area contributed by atoms with Gasteiger partial charge in [-0.1, -0.05) is 12.5 Å². The summed E-state index contributed by atoms with van der Waals surface area (Å²) < 4.78 is 0. The van der Waals surface area contributed by atoms with E-state index in [1.54, 1.807) is 0 Å². The summed E-state index contributed by atoms with van der Waals surface area (Å²) in [5.74, 6) is 1.72. The van der Waals surface area contributed by atoms with E-state index in [0.717, 1.165) is 34.9 Å². The van der Waals surface area contributed by atoms with Gasteiger partial charge in [-0.2, -0.15) is 0 Å². The molecule has 0 aromatic heterocycles. The number of carboxylic acids is 1. The van der Waals surface area contributed by atoms with Gasteiger partial charge in [0, 0.05) is 18.5 Å². The van der Waals surface area contributed by atoms with Gasteiger partial charge in [0.2, 0.25) is 0 Å². The number of nitrogens with zero attached hydrogens (tertiary/aromatic N) is 1. The minimum absolute atomic E-state index is 0.454. The van der Waals surface area contributed by atoms with Gasteiger partial charge in [-0.3, -0.25) is 0 Å². The normalized spacial score (nSPS) is 27.0. The van der Waals surface area contributed by atoms with E-state index in [4.69, 9.17) is 0 Å². The van der Waals surface area contributed by atoms with Gasteiger partial charge in [0.1, 0.15) is 0 Å². The van der Waals surface area contributed by atoms with E-state index >= 15 is 0 Å². The van der Waals surface area contributed by atoms with Crippen LogP contribution in [0.5, 0.6) is 0 Å². The molecule has 21 heavy (non-hydrogen) atoms. The number of benzene rings is 1. The smallest absolute Gasteiger partial charge is 0.338 e. The number of anilines is 1. The van der Waals surface area contributed by atoms with Crippen molar-refractivity contribution in [2.24, 2.45) is 17.8 Å². The average Bonchev–Trinajstić information content (AvgIpc) is 3.08. The third-order valence-electron chi connectivity index (χ3n) is 5.24. The highest BCUT2D eigenvalue weighted by atomic mass is 32.2. The summed E-state index contributed by atoms with van der Waals surface area (Å²) in [5, 5.41) is 9.55. The van der Waals surface area contributed by atoms with Gasteiger partial charge in [-0.15, -0.1) is 11.8 Å². The molecular weight excluding hydrogens is 282 g/mol. The van der Waals surface area contributed by atoms with E-state index in [9.17, 15) is 9.90 Å². The molecule has 1 aromatic rings. The highest BCUT2D eigenvalue weighted by Gasteiger charge is 2.39. The van der Waals surface area contributed by atoms with Gasteiger partial charge in [-0.25, -0.2) is 4.79 Å². The molecule has 2 saturated carbocycles. The number of hydrogen-bond acceptors (Lipinski definition) is 3. The maximum absolute atomic E-state index is 11.6. The monoisotopic (exact) mass is 305 g/mol. The summed E-state index contributed by atoms with van der Waals surface area (Å²) in [4.78, 5) is 14.6. The van der Waals surface area contributed by atoms with Crippen molar-refractivity contribution in [1.29, 1.82) is 0 Å². The fourth-order valence-electron chi connectivity index (χ4n) is 4.27. The van der Waals surface area contributed by atoms with Crippen LogP contribution in [-0.2, 0) is 0 Å². The minimum Gasteiger partial charge on any atom is -0.478 e. The number of rotatable bonds is 5. The number of thioether (sulfide) groups is 1. The Morgan fingerprint density at radius 1 is 1.38 bits per heavy atom. The Kier molecular flexibility index (Phi) is 4.16. The van der Waals surface area contributed by atoms with Crippen LogP contribution in [0.2, 0.25) is 0 Å². The number of hydrogen-bond donors (Lipinski definition) is 1. The lowest BCUT2D eigenvalue weighted by Crippen LogP contribution is -2.29. The average molecular weight is 305 g/mol. The minimum atomic E-state index is -0.824. The van der Waals surface area contributed by atoms with Gasteiger partial charge in [0.05, 0.1) is 11.3 Å². The fraction of sp³-hybridized carbons (Fsp3) is 0.588. The molecule has 1 aromatic carbocycles. The molecular formula is C17H23NO2S. The van der Waals surface area contributed by atoms with E-state index in [1.165, 1.54) is 37.4 Å². The highest BCUT2D eigenvalue weighted by Crippen LogP contribution is 2.48. The van der Waals surface area contributed by atoms with Gasteiger partial charge in [0.15, 0.2) is 0 Å². The molecule has 3 rings (SSSR count). The van der Waals surface area contributed by atoms with Gasteiger partial charge in [-0.05, 0) is 55.4 Å². The molecule has 114 valence electrons. The first-order chi connectivity index (χ1) is 10.1. The van der Waals surface area contributed by atoms with Crippen LogP contribution in [-0.4, -0.2) is 30.9 Å². The third kappa shape index (κ3) is 2.78. The maximum atomic E-state index is 11.6. The van der Waals surface area contributed by atoms with Crippen molar-refractivity contribution in [2.75, 3.05) is 24.7 Å². The Balaban J connectivity index is 1.81. The van der Waals surface area contributed by atoms with Crippen LogP contribution in [0.4, 0.5) is 5.69 Å². The molecule has 2 bridgehead atoms. The van der Waals surface area contributed by atoms with E-state index in [2.05, 4.69) is 4.90 Å². The van der Waals surface area contributed by atoms with Crippen molar-refractivity contribution >= 4 is 23.4 Å². The summed E-state index contributed by atoms with van der Waals surface area (Å²) in [6.45, 7) is 0.985. The molecule has 2 fully saturated rings. The van der Waals surface area contributed by atoms with E-state index < -0.39 is 5.97 Å². The zero-order valence-electron chi connectivity index (χ0n) is 12.7. The lowest BCUT2D eigenvalue weighted by Gasteiger charge is -2.29. The quantitative estimate of drug-likeness (QED) is 0.835. The van der Waals surface area contributed by atoms with Crippen molar-refractivity contribution < 1.29 is 9.90 Å². The van der Waals surface area contributed by atoms with Crippen LogP contribution >= 0.6 is 11.8 Å². The molecule has 3 atom stereocenters. The Morgan fingerprint density at radius 2 is 2.19 bits per heavy atom. The molecule has 4 heteroatoms. The standard InChI is InChI=1S/C17H23NO2S/c1-18(10-13-9-11-6-7-12(13)8-11)14-4-3-5-15(21-2)16(14)17(19)20/h3-5,11-13H,6-10H2,1-2H3,(H,19,20). The topological polar surface area (TPSA) is 40.5 Å². The SMILES string of the molecule is CSc1cccc(N(C)CC2CC3CCC2C3)c1C(=O)O. The first-order valence-electron chi connectivity index (χ1n) is 7.71. The number of carbonyl (C=O) groups is 1. The lowest BCUT2D eigenvalue weighted by atomic mass is 9.88. The number of fused-ring (bicyclic) bond motifs is 2. The second kappa shape index (κ2) is 5.91. The molecule has 0 amide bonds. The summed E-state index contributed by atoms with van der Waals surface area (Å²) in [5.41, 5.74) is 1.31. The summed E-state index contributed by atoms with van der Waals surface area (Å²) in [6, 6.07) is 5.80. The summed E-state index contributed by atoms with van der Waals surface area (Å²) >= 11 is 1.50. The van der Waals surface area contributed by atoms with Crippen molar-refractivity contribution in [1.82, 2.24) is 0 Å². The summed E-state index contributed by atoms with van der Waals surface area (Å²) in [6.07, 6.45) is 7.45. The molecule has 0 aliphatic heterocycles. The Hall–Kier alpha value is -1.16. The zero-order valence-corrected chi connectivity index (χ0v) is 13.5. The van der Waals surface area contributed by atoms with Crippen molar-refractivity contribution in [3.05, 3.63) is 23.8 Å². The van der Waals surface area contributed by atoms with E-state index in [0.29, 0.717) is 5.56 Å². The molecule has 3 unspecified atom stereocenters. The van der Waals surface area contributed by atoms with Crippen molar-refractivity contribution in [3.8, 4) is 0 Å². The van der Waals surface area contributed by atoms with Crippen LogP contribution in [0, 0.1) is 17.8 Å². The molecule has 2 aliphatic carbocycles. The Bertz CT molecular complexity index is 546. The molecule has 0 spiro atoms. The maximum Gasteiger partial charge on any atom is 0.338 e. The first-order valence-corrected chi connectivity index (χ1v) is 8.94. The first kappa shape index (κ1) is 14.8. The molecule has 1 N–H and O–H groups in total. The lowest BCUT2D eigenvalue weighted by molar-refractivity contribution is 0.0694. The number of aromatic carboxylic acids is 1. The summed E-state index contributed by atoms with van der Waals surface area (Å²) in [7, 11) is 2.04. The van der Waals surface area contributed by atoms with E-state index in [1.807, 2.05) is 31.5 Å². The van der Waals surface area contributed by atoms with Crippen LogP contribution in [0.1, 0.15) is 36.0 Å². The highest BCUT2D eigenvalue weighted by molar-refractivity contribution is 7.98. The van der Waals surface area contributed by atoms with Crippen LogP contribution in [0.3, 0.4) is 0 Å². The second-order valence-corrected chi connectivity index (χ2v) is 7.32. The molecule has 0 heterocycles. The fourth-order valence-corrected chi connectivity index (χ4v) is 4.88. The van der Waals surface area contributed by atoms with Crippen molar-refractivity contribution in [2.45, 2.75) is 30.6 Å². The van der Waals surface area contributed by atoms with Crippen LogP contribution in [0.15, 0.2) is 23.1 Å².